The van der Waals surface area contributed by atoms with Crippen molar-refractivity contribution >= 4 is 27.7 Å². The molecule has 8 heteroatoms. The van der Waals surface area contributed by atoms with Crippen molar-refractivity contribution in [2.24, 2.45) is 0 Å². The van der Waals surface area contributed by atoms with Gasteiger partial charge in [-0.2, -0.15) is 5.10 Å². The van der Waals surface area contributed by atoms with E-state index >= 15 is 0 Å². The van der Waals surface area contributed by atoms with Crippen molar-refractivity contribution in [1.29, 1.82) is 0 Å². The van der Waals surface area contributed by atoms with Crippen LogP contribution in [-0.2, 0) is 4.74 Å². The van der Waals surface area contributed by atoms with Crippen molar-refractivity contribution in [2.75, 3.05) is 5.75 Å². The fourth-order valence-electron chi connectivity index (χ4n) is 1.37. The molecule has 2 aromatic rings. The van der Waals surface area contributed by atoms with Gasteiger partial charge in [0.2, 0.25) is 0 Å². The maximum Gasteiger partial charge on any atom is 0.189 e. The summed E-state index contributed by atoms with van der Waals surface area (Å²) in [4.78, 5) is 8.53. The van der Waals surface area contributed by atoms with E-state index in [2.05, 4.69) is 31.0 Å². The fourth-order valence-corrected chi connectivity index (χ4v) is 2.50. The number of aromatic nitrogens is 4. The number of rotatable bonds is 4. The molecule has 2 unspecified atom stereocenters. The summed E-state index contributed by atoms with van der Waals surface area (Å²) in [5.74, 6) is 1.35. The minimum Gasteiger partial charge on any atom is -0.366 e. The van der Waals surface area contributed by atoms with E-state index in [1.165, 1.54) is 11.8 Å². The molecule has 1 N–H and O–H groups in total. The number of halogens is 1. The molecule has 2 aromatic heterocycles. The maximum absolute atomic E-state index is 9.04. The Hall–Kier alpha value is -0.960. The summed E-state index contributed by atoms with van der Waals surface area (Å²) in [6.45, 7) is 0. The topological polar surface area (TPSA) is 76.4 Å². The summed E-state index contributed by atoms with van der Waals surface area (Å²) < 4.78 is 7.47. The van der Waals surface area contributed by atoms with Gasteiger partial charge in [-0.15, -0.1) is 0 Å². The first-order chi connectivity index (χ1) is 8.72. The average Bonchev–Trinajstić information content (AvgIpc) is 2.90. The van der Waals surface area contributed by atoms with Crippen LogP contribution in [0.2, 0.25) is 0 Å². The third kappa shape index (κ3) is 2.72. The van der Waals surface area contributed by atoms with Gasteiger partial charge in [0.15, 0.2) is 17.3 Å². The van der Waals surface area contributed by atoms with Crippen LogP contribution in [0.5, 0.6) is 0 Å². The monoisotopic (exact) mass is 328 g/mol. The van der Waals surface area contributed by atoms with Gasteiger partial charge in [-0.05, 0) is 15.9 Å². The van der Waals surface area contributed by atoms with Gasteiger partial charge in [-0.1, -0.05) is 11.8 Å². The fraction of sp³-hybridized carbons (Fsp3) is 0.300. The highest BCUT2D eigenvalue weighted by atomic mass is 79.9. The Morgan fingerprint density at radius 1 is 1.56 bits per heavy atom. The van der Waals surface area contributed by atoms with Crippen LogP contribution in [-0.4, -0.2) is 43.0 Å². The highest BCUT2D eigenvalue weighted by Crippen LogP contribution is 2.26. The van der Waals surface area contributed by atoms with Gasteiger partial charge in [0, 0.05) is 24.2 Å². The summed E-state index contributed by atoms with van der Waals surface area (Å²) >= 11 is 4.79. The quantitative estimate of drug-likeness (QED) is 0.517. The molecule has 3 heterocycles. The van der Waals surface area contributed by atoms with Gasteiger partial charge in [-0.25, -0.2) is 14.6 Å². The first-order valence-corrected chi connectivity index (χ1v) is 7.00. The van der Waals surface area contributed by atoms with Crippen molar-refractivity contribution in [3.63, 3.8) is 0 Å². The first-order valence-electron chi connectivity index (χ1n) is 5.22. The van der Waals surface area contributed by atoms with Gasteiger partial charge >= 0.3 is 0 Å². The van der Waals surface area contributed by atoms with E-state index in [1.54, 1.807) is 23.1 Å². The molecule has 0 bridgehead atoms. The number of hydrogen-bond acceptors (Lipinski definition) is 6. The molecule has 0 saturated carbocycles. The van der Waals surface area contributed by atoms with Crippen molar-refractivity contribution < 1.29 is 9.84 Å². The second kappa shape index (κ2) is 4.96. The minimum atomic E-state index is -0.622. The normalized spacial score (nSPS) is 22.1. The Labute approximate surface area is 116 Å². The lowest BCUT2D eigenvalue weighted by molar-refractivity contribution is 0.156. The second-order valence-electron chi connectivity index (χ2n) is 3.68. The third-order valence-corrected chi connectivity index (χ3v) is 3.70. The second-order valence-corrected chi connectivity index (χ2v) is 5.58. The molecule has 1 fully saturated rings. The minimum absolute atomic E-state index is 0.0962. The molecule has 2 atom stereocenters. The van der Waals surface area contributed by atoms with E-state index in [4.69, 9.17) is 9.84 Å². The van der Waals surface area contributed by atoms with Gasteiger partial charge in [0.25, 0.3) is 0 Å². The number of thioether (sulfide) groups is 1. The molecule has 0 spiro atoms. The highest BCUT2D eigenvalue weighted by Gasteiger charge is 2.36. The zero-order valence-electron chi connectivity index (χ0n) is 9.10. The number of ether oxygens (including phenoxy) is 1. The highest BCUT2D eigenvalue weighted by molar-refractivity contribution is 9.10. The van der Waals surface area contributed by atoms with Crippen LogP contribution >= 0.6 is 27.7 Å². The Morgan fingerprint density at radius 2 is 2.39 bits per heavy atom. The molecule has 6 nitrogen and oxygen atoms in total. The number of aliphatic hydroxyl groups excluding tert-OH is 1. The van der Waals surface area contributed by atoms with Crippen LogP contribution in [0.1, 0.15) is 0 Å². The van der Waals surface area contributed by atoms with Gasteiger partial charge in [0.05, 0.1) is 10.7 Å². The molecule has 94 valence electrons. The summed E-state index contributed by atoms with van der Waals surface area (Å²) in [7, 11) is 0. The van der Waals surface area contributed by atoms with E-state index in [9.17, 15) is 0 Å². The van der Waals surface area contributed by atoms with Crippen molar-refractivity contribution in [3.05, 3.63) is 29.1 Å². The van der Waals surface area contributed by atoms with Crippen LogP contribution in [0.4, 0.5) is 0 Å². The van der Waals surface area contributed by atoms with Crippen LogP contribution in [0.25, 0.3) is 5.82 Å². The number of aliphatic hydroxyl groups is 1. The number of nitrogens with zero attached hydrogens (tertiary/aromatic N) is 4. The largest absolute Gasteiger partial charge is 0.366 e. The molecule has 1 aliphatic rings. The third-order valence-electron chi connectivity index (χ3n) is 2.34. The van der Waals surface area contributed by atoms with E-state index in [1.807, 2.05) is 6.20 Å². The summed E-state index contributed by atoms with van der Waals surface area (Å²) in [5, 5.41) is 13.8. The molecule has 1 aliphatic heterocycles. The summed E-state index contributed by atoms with van der Waals surface area (Å²) in [6.07, 6.45) is 4.49. The van der Waals surface area contributed by atoms with Crippen molar-refractivity contribution in [1.82, 2.24) is 19.7 Å². The van der Waals surface area contributed by atoms with E-state index < -0.39 is 6.29 Å². The molecule has 0 aromatic carbocycles. The number of hydrogen-bond donors (Lipinski definition) is 1. The van der Waals surface area contributed by atoms with Crippen LogP contribution < -0.4 is 0 Å². The standard InChI is InChI=1S/C10H9BrN4O2S/c11-6-3-13-15(4-6)8-1-2-12-10(14-8)18-5-7-9(16)17-7/h1-4,7,9,16H,5H2. The van der Waals surface area contributed by atoms with E-state index in [-0.39, 0.29) is 6.10 Å². The molecule has 0 aliphatic carbocycles. The molecule has 18 heavy (non-hydrogen) atoms. The Morgan fingerprint density at radius 3 is 3.06 bits per heavy atom. The lowest BCUT2D eigenvalue weighted by Gasteiger charge is -2.02. The Kier molecular flexibility index (Phi) is 3.33. The molecule has 0 amide bonds. The predicted molar refractivity (Wildman–Crippen MR) is 68.5 cm³/mol. The zero-order chi connectivity index (χ0) is 12.5. The molecular weight excluding hydrogens is 320 g/mol. The average molecular weight is 329 g/mol. The zero-order valence-corrected chi connectivity index (χ0v) is 11.5. The first kappa shape index (κ1) is 12.1. The summed E-state index contributed by atoms with van der Waals surface area (Å²) in [6, 6.07) is 1.78. The smallest absolute Gasteiger partial charge is 0.189 e. The van der Waals surface area contributed by atoms with Gasteiger partial charge < -0.3 is 9.84 Å². The lowest BCUT2D eigenvalue weighted by Crippen LogP contribution is -2.01. The maximum atomic E-state index is 9.04. The van der Waals surface area contributed by atoms with Crippen LogP contribution in [0.3, 0.4) is 0 Å². The van der Waals surface area contributed by atoms with Gasteiger partial charge in [0.1, 0.15) is 6.10 Å². The van der Waals surface area contributed by atoms with E-state index in [0.717, 1.165) is 4.47 Å². The van der Waals surface area contributed by atoms with E-state index in [0.29, 0.717) is 16.7 Å². The van der Waals surface area contributed by atoms with Crippen molar-refractivity contribution in [2.45, 2.75) is 17.6 Å². The lowest BCUT2D eigenvalue weighted by atomic mass is 10.5. The SMILES string of the molecule is OC1OC1CSc1nccc(-n2cc(Br)cn2)n1. The molecule has 0 radical (unpaired) electrons. The summed E-state index contributed by atoms with van der Waals surface area (Å²) in [5.41, 5.74) is 0. The van der Waals surface area contributed by atoms with Gasteiger partial charge in [-0.3, -0.25) is 0 Å². The van der Waals surface area contributed by atoms with Crippen LogP contribution in [0, 0.1) is 0 Å². The molecule has 3 rings (SSSR count). The predicted octanol–water partition coefficient (Wildman–Crippen LogP) is 1.23. The Balaban J connectivity index is 1.72. The molecular formula is C10H9BrN4O2S. The molecule has 1 saturated heterocycles. The van der Waals surface area contributed by atoms with Crippen molar-refractivity contribution in [3.8, 4) is 5.82 Å². The Bertz CT molecular complexity index is 564. The van der Waals surface area contributed by atoms with Crippen LogP contribution in [0.15, 0.2) is 34.3 Å². The number of epoxide rings is 1.